The van der Waals surface area contributed by atoms with Gasteiger partial charge in [-0.2, -0.15) is 0 Å². The molecular weight excluding hydrogens is 250 g/mol. The zero-order valence-electron chi connectivity index (χ0n) is 12.1. The highest BCUT2D eigenvalue weighted by atomic mass is 16.5. The van der Waals surface area contributed by atoms with E-state index in [4.69, 9.17) is 4.74 Å². The topological polar surface area (TPSA) is 32.7 Å². The van der Waals surface area contributed by atoms with Crippen LogP contribution in [-0.2, 0) is 11.3 Å². The first-order valence-electron chi connectivity index (χ1n) is 7.90. The summed E-state index contributed by atoms with van der Waals surface area (Å²) in [6.45, 7) is 2.75. The van der Waals surface area contributed by atoms with Crippen LogP contribution in [0.4, 0.5) is 0 Å². The monoisotopic (exact) mass is 275 g/mol. The van der Waals surface area contributed by atoms with E-state index < -0.39 is 0 Å². The van der Waals surface area contributed by atoms with Crippen LogP contribution in [-0.4, -0.2) is 41.3 Å². The molecule has 3 heteroatoms. The molecule has 1 aliphatic heterocycles. The van der Waals surface area contributed by atoms with Crippen LogP contribution >= 0.6 is 0 Å². The number of likely N-dealkylation sites (tertiary alicyclic amines) is 1. The van der Waals surface area contributed by atoms with Gasteiger partial charge in [-0.1, -0.05) is 43.2 Å². The quantitative estimate of drug-likeness (QED) is 0.916. The first-order chi connectivity index (χ1) is 9.83. The molecule has 0 amide bonds. The van der Waals surface area contributed by atoms with Gasteiger partial charge in [-0.25, -0.2) is 0 Å². The SMILES string of the molecule is OC1CCCC[C@H]1N1CC[C@@H](OCc2ccccc2)C1. The van der Waals surface area contributed by atoms with Crippen LogP contribution in [0.2, 0.25) is 0 Å². The summed E-state index contributed by atoms with van der Waals surface area (Å²) in [4.78, 5) is 2.44. The summed E-state index contributed by atoms with van der Waals surface area (Å²) in [6, 6.07) is 10.7. The van der Waals surface area contributed by atoms with Gasteiger partial charge < -0.3 is 9.84 Å². The van der Waals surface area contributed by atoms with E-state index in [2.05, 4.69) is 29.2 Å². The fourth-order valence-electron chi connectivity index (χ4n) is 3.50. The Morgan fingerprint density at radius 2 is 1.90 bits per heavy atom. The van der Waals surface area contributed by atoms with Gasteiger partial charge in [0.05, 0.1) is 18.8 Å². The van der Waals surface area contributed by atoms with Crippen LogP contribution < -0.4 is 0 Å². The van der Waals surface area contributed by atoms with Crippen molar-refractivity contribution in [3.05, 3.63) is 35.9 Å². The van der Waals surface area contributed by atoms with Gasteiger partial charge in [0.25, 0.3) is 0 Å². The lowest BCUT2D eigenvalue weighted by molar-refractivity contribution is 0.00967. The van der Waals surface area contributed by atoms with Crippen molar-refractivity contribution in [1.82, 2.24) is 4.90 Å². The van der Waals surface area contributed by atoms with Crippen molar-refractivity contribution in [1.29, 1.82) is 0 Å². The van der Waals surface area contributed by atoms with Gasteiger partial charge >= 0.3 is 0 Å². The Bertz CT molecular complexity index is 409. The van der Waals surface area contributed by atoms with Gasteiger partial charge in [0.15, 0.2) is 0 Å². The highest BCUT2D eigenvalue weighted by molar-refractivity contribution is 5.13. The molecule has 3 nitrogen and oxygen atoms in total. The summed E-state index contributed by atoms with van der Waals surface area (Å²) in [5.41, 5.74) is 1.24. The summed E-state index contributed by atoms with van der Waals surface area (Å²) >= 11 is 0. The third kappa shape index (κ3) is 3.40. The summed E-state index contributed by atoms with van der Waals surface area (Å²) in [6.07, 6.45) is 5.84. The molecule has 1 aromatic carbocycles. The van der Waals surface area contributed by atoms with Crippen LogP contribution in [0.25, 0.3) is 0 Å². The summed E-state index contributed by atoms with van der Waals surface area (Å²) in [5, 5.41) is 10.1. The number of aliphatic hydroxyl groups excluding tert-OH is 1. The van der Waals surface area contributed by atoms with Gasteiger partial charge in [0.1, 0.15) is 0 Å². The Kier molecular flexibility index (Phi) is 4.71. The third-order valence-electron chi connectivity index (χ3n) is 4.67. The van der Waals surface area contributed by atoms with Crippen LogP contribution in [0.5, 0.6) is 0 Å². The lowest BCUT2D eigenvalue weighted by Crippen LogP contribution is -2.44. The maximum absolute atomic E-state index is 10.1. The van der Waals surface area contributed by atoms with E-state index in [1.807, 2.05) is 6.07 Å². The highest BCUT2D eigenvalue weighted by Crippen LogP contribution is 2.27. The first-order valence-corrected chi connectivity index (χ1v) is 7.90. The molecule has 1 aromatic rings. The van der Waals surface area contributed by atoms with Crippen molar-refractivity contribution >= 4 is 0 Å². The van der Waals surface area contributed by atoms with E-state index in [-0.39, 0.29) is 6.10 Å². The average molecular weight is 275 g/mol. The first kappa shape index (κ1) is 14.1. The zero-order valence-corrected chi connectivity index (χ0v) is 12.1. The second-order valence-electron chi connectivity index (χ2n) is 6.12. The Balaban J connectivity index is 1.47. The Labute approximate surface area is 121 Å². The fourth-order valence-corrected chi connectivity index (χ4v) is 3.50. The normalized spacial score (nSPS) is 31.6. The van der Waals surface area contributed by atoms with Crippen LogP contribution in [0.1, 0.15) is 37.7 Å². The van der Waals surface area contributed by atoms with Crippen molar-refractivity contribution in [2.24, 2.45) is 0 Å². The maximum Gasteiger partial charge on any atom is 0.0721 e. The van der Waals surface area contributed by atoms with Gasteiger partial charge in [-0.15, -0.1) is 0 Å². The van der Waals surface area contributed by atoms with E-state index in [0.717, 1.165) is 32.4 Å². The number of ether oxygens (including phenoxy) is 1. The van der Waals surface area contributed by atoms with Crippen molar-refractivity contribution in [2.45, 2.75) is 57.0 Å². The standard InChI is InChI=1S/C17H25NO2/c19-17-9-5-4-8-16(17)18-11-10-15(12-18)20-13-14-6-2-1-3-7-14/h1-3,6-7,15-17,19H,4-5,8-13H2/t15-,16-,17?/m1/s1. The molecule has 110 valence electrons. The summed E-state index contributed by atoms with van der Waals surface area (Å²) < 4.78 is 6.02. The van der Waals surface area contributed by atoms with Crippen molar-refractivity contribution < 1.29 is 9.84 Å². The zero-order chi connectivity index (χ0) is 13.8. The molecule has 1 heterocycles. The van der Waals surface area contributed by atoms with Crippen molar-refractivity contribution in [3.63, 3.8) is 0 Å². The van der Waals surface area contributed by atoms with Crippen molar-refractivity contribution in [3.8, 4) is 0 Å². The van der Waals surface area contributed by atoms with Crippen molar-refractivity contribution in [2.75, 3.05) is 13.1 Å². The summed E-state index contributed by atoms with van der Waals surface area (Å²) in [7, 11) is 0. The molecule has 1 saturated heterocycles. The molecule has 0 spiro atoms. The Morgan fingerprint density at radius 3 is 2.70 bits per heavy atom. The molecule has 0 bridgehead atoms. The van der Waals surface area contributed by atoms with Crippen LogP contribution in [0.15, 0.2) is 30.3 Å². The Hall–Kier alpha value is -0.900. The smallest absolute Gasteiger partial charge is 0.0721 e. The average Bonchev–Trinajstić information content (AvgIpc) is 2.95. The van der Waals surface area contributed by atoms with E-state index in [1.165, 1.54) is 18.4 Å². The molecule has 20 heavy (non-hydrogen) atoms. The molecule has 0 aromatic heterocycles. The molecule has 1 N–H and O–H groups in total. The molecule has 1 aliphatic carbocycles. The second kappa shape index (κ2) is 6.70. The minimum absolute atomic E-state index is 0.128. The third-order valence-corrected chi connectivity index (χ3v) is 4.67. The number of hydrogen-bond donors (Lipinski definition) is 1. The second-order valence-corrected chi connectivity index (χ2v) is 6.12. The van der Waals surface area contributed by atoms with E-state index in [0.29, 0.717) is 18.8 Å². The van der Waals surface area contributed by atoms with E-state index >= 15 is 0 Å². The molecule has 0 radical (unpaired) electrons. The molecule has 2 aliphatic rings. The highest BCUT2D eigenvalue weighted by Gasteiger charge is 2.33. The summed E-state index contributed by atoms with van der Waals surface area (Å²) in [5.74, 6) is 0. The van der Waals surface area contributed by atoms with Gasteiger partial charge in [-0.3, -0.25) is 4.90 Å². The molecule has 3 atom stereocenters. The predicted molar refractivity (Wildman–Crippen MR) is 79.5 cm³/mol. The number of nitrogens with zero attached hydrogens (tertiary/aromatic N) is 1. The molecule has 1 saturated carbocycles. The molecule has 3 rings (SSSR count). The van der Waals surface area contributed by atoms with Gasteiger partial charge in [0.2, 0.25) is 0 Å². The molecule has 1 unspecified atom stereocenters. The van der Waals surface area contributed by atoms with Crippen LogP contribution in [0, 0.1) is 0 Å². The van der Waals surface area contributed by atoms with Gasteiger partial charge in [-0.05, 0) is 24.8 Å². The Morgan fingerprint density at radius 1 is 1.10 bits per heavy atom. The molecule has 2 fully saturated rings. The number of rotatable bonds is 4. The largest absolute Gasteiger partial charge is 0.391 e. The number of aliphatic hydroxyl groups is 1. The van der Waals surface area contributed by atoms with E-state index in [1.54, 1.807) is 0 Å². The predicted octanol–water partition coefficient (Wildman–Crippen LogP) is 2.58. The van der Waals surface area contributed by atoms with Crippen LogP contribution in [0.3, 0.4) is 0 Å². The number of hydrogen-bond acceptors (Lipinski definition) is 3. The molecular formula is C17H25NO2. The lowest BCUT2D eigenvalue weighted by atomic mass is 9.91. The van der Waals surface area contributed by atoms with E-state index in [9.17, 15) is 5.11 Å². The van der Waals surface area contributed by atoms with Gasteiger partial charge in [0, 0.05) is 19.1 Å². The number of benzene rings is 1. The minimum atomic E-state index is -0.128. The fraction of sp³-hybridized carbons (Fsp3) is 0.647. The minimum Gasteiger partial charge on any atom is -0.391 e. The maximum atomic E-state index is 10.1. The lowest BCUT2D eigenvalue weighted by Gasteiger charge is -2.35.